The normalized spacial score (nSPS) is 11.6. The maximum absolute atomic E-state index is 13.1. The first kappa shape index (κ1) is 21.2. The first-order valence-electron chi connectivity index (χ1n) is 8.20. The van der Waals surface area contributed by atoms with E-state index in [2.05, 4.69) is 11.7 Å². The number of hydrogen-bond acceptors (Lipinski definition) is 2. The largest absolute Gasteiger partial charge is 0.330 e. The average Bonchev–Trinajstić information content (AvgIpc) is 2.60. The van der Waals surface area contributed by atoms with Gasteiger partial charge in [-0.3, -0.25) is 9.79 Å². The van der Waals surface area contributed by atoms with Gasteiger partial charge in [-0.15, -0.1) is 0 Å². The molecule has 0 aliphatic heterocycles. The molecule has 0 bridgehead atoms. The lowest BCUT2D eigenvalue weighted by atomic mass is 10.1. The molecule has 0 unspecified atom stereocenters. The van der Waals surface area contributed by atoms with Gasteiger partial charge in [-0.1, -0.05) is 53.0 Å². The molecule has 0 radical (unpaired) electrons. The number of nitrogens with zero attached hydrogens (tertiary/aromatic N) is 2. The van der Waals surface area contributed by atoms with E-state index >= 15 is 0 Å². The Morgan fingerprint density at radius 2 is 1.81 bits per heavy atom. The van der Waals surface area contributed by atoms with Crippen LogP contribution in [0.25, 0.3) is 0 Å². The van der Waals surface area contributed by atoms with Gasteiger partial charge in [-0.05, 0) is 61.2 Å². The number of aliphatic imine (C=N–C) groups is 1. The molecule has 0 N–H and O–H groups in total. The summed E-state index contributed by atoms with van der Waals surface area (Å²) in [4.78, 5) is 18.6. The fourth-order valence-corrected chi connectivity index (χ4v) is 3.38. The van der Waals surface area contributed by atoms with Crippen LogP contribution in [0.15, 0.2) is 71.4 Å². The van der Waals surface area contributed by atoms with Gasteiger partial charge in [0.15, 0.2) is 0 Å². The standard InChI is InChI=1S/C21H19Cl3N2O/c1-3-5-15(12-25-2)13-26(14-16-8-19(23)11-20(24)9-16)21(27)17-6-4-7-18(22)10-17/h3-12H,2,13-14H2,1H3/b5-3-,15-12+. The topological polar surface area (TPSA) is 32.7 Å². The molecule has 0 saturated carbocycles. The number of amides is 1. The molecule has 6 heteroatoms. The van der Waals surface area contributed by atoms with Crippen molar-refractivity contribution < 1.29 is 4.79 Å². The smallest absolute Gasteiger partial charge is 0.254 e. The molecule has 0 spiro atoms. The summed E-state index contributed by atoms with van der Waals surface area (Å²) in [5.74, 6) is -0.159. The van der Waals surface area contributed by atoms with E-state index in [1.54, 1.807) is 53.6 Å². The molecular formula is C21H19Cl3N2O. The number of carbonyl (C=O) groups excluding carboxylic acids is 1. The van der Waals surface area contributed by atoms with Crippen molar-refractivity contribution in [3.05, 3.63) is 92.6 Å². The summed E-state index contributed by atoms with van der Waals surface area (Å²) >= 11 is 18.3. The second kappa shape index (κ2) is 10.3. The zero-order valence-corrected chi connectivity index (χ0v) is 17.1. The van der Waals surface area contributed by atoms with Gasteiger partial charge in [0.25, 0.3) is 5.91 Å². The van der Waals surface area contributed by atoms with Crippen molar-refractivity contribution in [2.75, 3.05) is 6.54 Å². The van der Waals surface area contributed by atoms with Gasteiger partial charge in [0.05, 0.1) is 0 Å². The Morgan fingerprint density at radius 3 is 2.41 bits per heavy atom. The molecule has 2 aromatic rings. The Morgan fingerprint density at radius 1 is 1.11 bits per heavy atom. The first-order valence-corrected chi connectivity index (χ1v) is 9.33. The molecule has 0 fully saturated rings. The van der Waals surface area contributed by atoms with Crippen LogP contribution < -0.4 is 0 Å². The molecule has 0 aliphatic carbocycles. The fourth-order valence-electron chi connectivity index (χ4n) is 2.61. The van der Waals surface area contributed by atoms with Crippen LogP contribution in [0.5, 0.6) is 0 Å². The van der Waals surface area contributed by atoms with Gasteiger partial charge in [0, 0.05) is 39.9 Å². The van der Waals surface area contributed by atoms with Gasteiger partial charge in [0.1, 0.15) is 0 Å². The van der Waals surface area contributed by atoms with Crippen molar-refractivity contribution in [2.45, 2.75) is 13.5 Å². The van der Waals surface area contributed by atoms with Crippen molar-refractivity contribution >= 4 is 47.4 Å². The highest BCUT2D eigenvalue weighted by atomic mass is 35.5. The SMILES string of the molecule is C=N/C=C(\C=C/C)CN(Cc1cc(Cl)cc(Cl)c1)C(=O)c1cccc(Cl)c1. The Bertz CT molecular complexity index is 870. The van der Waals surface area contributed by atoms with Crippen molar-refractivity contribution in [2.24, 2.45) is 4.99 Å². The summed E-state index contributed by atoms with van der Waals surface area (Å²) in [5, 5.41) is 1.54. The molecule has 0 aromatic heterocycles. The van der Waals surface area contributed by atoms with Gasteiger partial charge >= 0.3 is 0 Å². The summed E-state index contributed by atoms with van der Waals surface area (Å²) in [6, 6.07) is 12.1. The monoisotopic (exact) mass is 420 g/mol. The number of rotatable bonds is 7. The van der Waals surface area contributed by atoms with E-state index in [1.807, 2.05) is 19.1 Å². The Balaban J connectivity index is 2.38. The average molecular weight is 422 g/mol. The van der Waals surface area contributed by atoms with Crippen LogP contribution in [-0.4, -0.2) is 24.1 Å². The summed E-state index contributed by atoms with van der Waals surface area (Å²) in [6.07, 6.45) is 5.40. The number of hydrogen-bond donors (Lipinski definition) is 0. The molecule has 0 atom stereocenters. The van der Waals surface area contributed by atoms with Gasteiger partial charge in [0.2, 0.25) is 0 Å². The minimum absolute atomic E-state index is 0.159. The number of carbonyl (C=O) groups is 1. The van der Waals surface area contributed by atoms with Crippen LogP contribution >= 0.6 is 34.8 Å². The van der Waals surface area contributed by atoms with Crippen molar-refractivity contribution in [3.8, 4) is 0 Å². The third-order valence-electron chi connectivity index (χ3n) is 3.67. The first-order chi connectivity index (χ1) is 12.9. The van der Waals surface area contributed by atoms with Crippen molar-refractivity contribution in [3.63, 3.8) is 0 Å². The third kappa shape index (κ3) is 6.55. The van der Waals surface area contributed by atoms with Crippen molar-refractivity contribution in [1.29, 1.82) is 0 Å². The second-order valence-electron chi connectivity index (χ2n) is 5.84. The lowest BCUT2D eigenvalue weighted by Crippen LogP contribution is -2.32. The Hall–Kier alpha value is -2.07. The van der Waals surface area contributed by atoms with E-state index in [4.69, 9.17) is 34.8 Å². The molecule has 3 nitrogen and oxygen atoms in total. The Labute approximate surface area is 174 Å². The lowest BCUT2D eigenvalue weighted by Gasteiger charge is -2.24. The van der Waals surface area contributed by atoms with E-state index in [9.17, 15) is 4.79 Å². The van der Waals surface area contributed by atoms with E-state index in [0.29, 0.717) is 33.7 Å². The summed E-state index contributed by atoms with van der Waals surface area (Å²) in [7, 11) is 0. The number of allylic oxidation sites excluding steroid dienone is 1. The van der Waals surface area contributed by atoms with Crippen LogP contribution in [-0.2, 0) is 6.54 Å². The molecule has 1 amide bonds. The van der Waals surface area contributed by atoms with Gasteiger partial charge in [-0.2, -0.15) is 0 Å². The minimum atomic E-state index is -0.159. The highest BCUT2D eigenvalue weighted by Crippen LogP contribution is 2.22. The van der Waals surface area contributed by atoms with E-state index in [0.717, 1.165) is 11.1 Å². The highest BCUT2D eigenvalue weighted by molar-refractivity contribution is 6.34. The molecular weight excluding hydrogens is 403 g/mol. The molecule has 2 aromatic carbocycles. The maximum Gasteiger partial charge on any atom is 0.254 e. The molecule has 27 heavy (non-hydrogen) atoms. The molecule has 0 aliphatic rings. The summed E-state index contributed by atoms with van der Waals surface area (Å²) in [5.41, 5.74) is 2.17. The molecule has 2 rings (SSSR count). The van der Waals surface area contributed by atoms with E-state index < -0.39 is 0 Å². The number of benzene rings is 2. The number of halogens is 3. The third-order valence-corrected chi connectivity index (χ3v) is 4.34. The zero-order chi connectivity index (χ0) is 19.8. The lowest BCUT2D eigenvalue weighted by molar-refractivity contribution is 0.0759. The van der Waals surface area contributed by atoms with Gasteiger partial charge < -0.3 is 4.90 Å². The van der Waals surface area contributed by atoms with Gasteiger partial charge in [-0.25, -0.2) is 0 Å². The summed E-state index contributed by atoms with van der Waals surface area (Å²) < 4.78 is 0. The molecule has 0 saturated heterocycles. The maximum atomic E-state index is 13.1. The Kier molecular flexibility index (Phi) is 8.11. The van der Waals surface area contributed by atoms with Crippen LogP contribution in [0, 0.1) is 0 Å². The predicted molar refractivity (Wildman–Crippen MR) is 115 cm³/mol. The van der Waals surface area contributed by atoms with E-state index in [-0.39, 0.29) is 5.91 Å². The molecule has 140 valence electrons. The van der Waals surface area contributed by atoms with Crippen LogP contribution in [0.4, 0.5) is 0 Å². The minimum Gasteiger partial charge on any atom is -0.330 e. The second-order valence-corrected chi connectivity index (χ2v) is 7.15. The fraction of sp³-hybridized carbons (Fsp3) is 0.143. The van der Waals surface area contributed by atoms with E-state index in [1.165, 1.54) is 0 Å². The van der Waals surface area contributed by atoms with Crippen LogP contribution in [0.3, 0.4) is 0 Å². The quantitative estimate of drug-likeness (QED) is 0.373. The molecule has 0 heterocycles. The zero-order valence-electron chi connectivity index (χ0n) is 14.8. The van der Waals surface area contributed by atoms with Crippen LogP contribution in [0.2, 0.25) is 15.1 Å². The van der Waals surface area contributed by atoms with Crippen molar-refractivity contribution in [1.82, 2.24) is 4.90 Å². The summed E-state index contributed by atoms with van der Waals surface area (Å²) in [6.45, 7) is 6.07. The highest BCUT2D eigenvalue weighted by Gasteiger charge is 2.18. The van der Waals surface area contributed by atoms with Crippen LogP contribution in [0.1, 0.15) is 22.8 Å². The predicted octanol–water partition coefficient (Wildman–Crippen LogP) is 6.45.